The van der Waals surface area contributed by atoms with Crippen LogP contribution < -0.4 is 14.8 Å². The van der Waals surface area contributed by atoms with Crippen molar-refractivity contribution >= 4 is 5.91 Å². The first kappa shape index (κ1) is 23.3. The van der Waals surface area contributed by atoms with E-state index < -0.39 is 19.1 Å². The molecule has 3 heterocycles. The zero-order chi connectivity index (χ0) is 23.4. The summed E-state index contributed by atoms with van der Waals surface area (Å²) in [6, 6.07) is 6.65. The van der Waals surface area contributed by atoms with Crippen LogP contribution in [-0.4, -0.2) is 60.9 Å². The predicted octanol–water partition coefficient (Wildman–Crippen LogP) is 2.79. The number of hydrogen-bond acceptors (Lipinski definition) is 6. The molecule has 2 aromatic rings. The lowest BCUT2D eigenvalue weighted by molar-refractivity contribution is -0.132. The molecule has 2 aliphatic rings. The maximum absolute atomic E-state index is 12.6. The van der Waals surface area contributed by atoms with Crippen molar-refractivity contribution in [2.45, 2.75) is 51.2 Å². The first-order chi connectivity index (χ1) is 15.9. The summed E-state index contributed by atoms with van der Waals surface area (Å²) >= 11 is 0. The number of nitrogens with one attached hydrogen (secondary N) is 1. The summed E-state index contributed by atoms with van der Waals surface area (Å²) in [6.07, 6.45) is 0.793. The smallest absolute Gasteiger partial charge is 0.345 e. The standard InChI is InChI=1S/C21H23F4N3O5/c22-20(23)30-5-3-12-1-2-17-13(7-12)8-14(11-32-17)26-19(29)16-9-18-28(27-16)10-15(33-18)4-6-31-21(24)25/h1-2,7,9,14-15,20-21H,3-6,8,10-11H2,(H,26,29)/t14-,15-/m1/s1. The second-order valence-electron chi connectivity index (χ2n) is 7.72. The zero-order valence-electron chi connectivity index (χ0n) is 17.5. The van der Waals surface area contributed by atoms with E-state index in [1.54, 1.807) is 12.1 Å². The summed E-state index contributed by atoms with van der Waals surface area (Å²) in [6.45, 7) is -5.23. The van der Waals surface area contributed by atoms with Gasteiger partial charge in [-0.1, -0.05) is 12.1 Å². The van der Waals surface area contributed by atoms with E-state index in [-0.39, 0.29) is 44.1 Å². The van der Waals surface area contributed by atoms with Crippen LogP contribution in [0.3, 0.4) is 0 Å². The van der Waals surface area contributed by atoms with E-state index in [2.05, 4.69) is 19.9 Å². The van der Waals surface area contributed by atoms with E-state index in [1.165, 1.54) is 10.7 Å². The van der Waals surface area contributed by atoms with Crippen molar-refractivity contribution in [3.8, 4) is 11.6 Å². The summed E-state index contributed by atoms with van der Waals surface area (Å²) in [5.41, 5.74) is 1.88. The van der Waals surface area contributed by atoms with Crippen LogP contribution in [0.5, 0.6) is 11.6 Å². The van der Waals surface area contributed by atoms with Gasteiger partial charge in [0.1, 0.15) is 18.5 Å². The molecular formula is C21H23F4N3O5. The molecule has 0 spiro atoms. The summed E-state index contributed by atoms with van der Waals surface area (Å²) in [5.74, 6) is 0.690. The number of amides is 1. The second-order valence-corrected chi connectivity index (χ2v) is 7.72. The van der Waals surface area contributed by atoms with E-state index in [0.29, 0.717) is 31.0 Å². The average molecular weight is 473 g/mol. The number of carbonyl (C=O) groups excluding carboxylic acids is 1. The molecule has 0 fully saturated rings. The fraction of sp³-hybridized carbons (Fsp3) is 0.524. The molecule has 4 rings (SSSR count). The molecule has 0 bridgehead atoms. The Morgan fingerprint density at radius 1 is 1.18 bits per heavy atom. The lowest BCUT2D eigenvalue weighted by atomic mass is 9.99. The molecule has 8 nitrogen and oxygen atoms in total. The highest BCUT2D eigenvalue weighted by molar-refractivity contribution is 5.92. The van der Waals surface area contributed by atoms with Gasteiger partial charge in [0, 0.05) is 12.5 Å². The van der Waals surface area contributed by atoms with Crippen molar-refractivity contribution < 1.29 is 41.3 Å². The molecule has 12 heteroatoms. The van der Waals surface area contributed by atoms with Gasteiger partial charge in [-0.15, -0.1) is 0 Å². The fourth-order valence-electron chi connectivity index (χ4n) is 3.80. The number of aromatic nitrogens is 2. The minimum Gasteiger partial charge on any atom is -0.491 e. The van der Waals surface area contributed by atoms with Crippen LogP contribution in [-0.2, 0) is 28.9 Å². The molecule has 0 unspecified atom stereocenters. The number of rotatable bonds is 10. The highest BCUT2D eigenvalue weighted by Gasteiger charge is 2.28. The third kappa shape index (κ3) is 6.14. The van der Waals surface area contributed by atoms with Crippen LogP contribution in [0.2, 0.25) is 0 Å². The van der Waals surface area contributed by atoms with Gasteiger partial charge < -0.3 is 24.3 Å². The molecule has 1 aromatic heterocycles. The molecular weight excluding hydrogens is 450 g/mol. The first-order valence-corrected chi connectivity index (χ1v) is 10.5. The predicted molar refractivity (Wildman–Crippen MR) is 106 cm³/mol. The molecule has 1 N–H and O–H groups in total. The van der Waals surface area contributed by atoms with E-state index >= 15 is 0 Å². The average Bonchev–Trinajstić information content (AvgIpc) is 3.32. The van der Waals surface area contributed by atoms with Crippen molar-refractivity contribution in [2.24, 2.45) is 0 Å². The highest BCUT2D eigenvalue weighted by Crippen LogP contribution is 2.27. The molecule has 0 saturated carbocycles. The van der Waals surface area contributed by atoms with E-state index in [4.69, 9.17) is 9.47 Å². The monoisotopic (exact) mass is 473 g/mol. The second kappa shape index (κ2) is 10.4. The number of halogens is 4. The van der Waals surface area contributed by atoms with Crippen molar-refractivity contribution in [2.75, 3.05) is 19.8 Å². The maximum Gasteiger partial charge on any atom is 0.345 e. The van der Waals surface area contributed by atoms with Gasteiger partial charge in [-0.3, -0.25) is 4.79 Å². The molecule has 2 atom stereocenters. The number of fused-ring (bicyclic) bond motifs is 2. The Morgan fingerprint density at radius 2 is 1.97 bits per heavy atom. The van der Waals surface area contributed by atoms with E-state index in [9.17, 15) is 22.4 Å². The van der Waals surface area contributed by atoms with Crippen molar-refractivity contribution in [3.63, 3.8) is 0 Å². The normalized spacial score (nSPS) is 19.2. The minimum absolute atomic E-state index is 0.0926. The number of hydrogen-bond donors (Lipinski definition) is 1. The lowest BCUT2D eigenvalue weighted by Crippen LogP contribution is -2.43. The molecule has 0 radical (unpaired) electrons. The van der Waals surface area contributed by atoms with E-state index in [1.807, 2.05) is 6.07 Å². The molecule has 1 amide bonds. The summed E-state index contributed by atoms with van der Waals surface area (Å²) in [5, 5.41) is 7.11. The minimum atomic E-state index is -2.82. The molecule has 2 aliphatic heterocycles. The van der Waals surface area contributed by atoms with Crippen LogP contribution in [0.15, 0.2) is 24.3 Å². The first-order valence-electron chi connectivity index (χ1n) is 10.5. The van der Waals surface area contributed by atoms with Gasteiger partial charge in [0.15, 0.2) is 5.69 Å². The van der Waals surface area contributed by atoms with Gasteiger partial charge in [0.2, 0.25) is 5.88 Å². The van der Waals surface area contributed by atoms with Crippen LogP contribution in [0, 0.1) is 0 Å². The highest BCUT2D eigenvalue weighted by atomic mass is 19.3. The van der Waals surface area contributed by atoms with E-state index in [0.717, 1.165) is 11.1 Å². The van der Waals surface area contributed by atoms with Gasteiger partial charge in [-0.05, 0) is 30.0 Å². The Labute approximate surface area is 186 Å². The van der Waals surface area contributed by atoms with Crippen molar-refractivity contribution in [3.05, 3.63) is 41.1 Å². The van der Waals surface area contributed by atoms with Crippen molar-refractivity contribution in [1.82, 2.24) is 15.1 Å². The van der Waals surface area contributed by atoms with Crippen LogP contribution in [0.4, 0.5) is 17.6 Å². The largest absolute Gasteiger partial charge is 0.491 e. The van der Waals surface area contributed by atoms with Gasteiger partial charge in [-0.25, -0.2) is 4.68 Å². The third-order valence-corrected chi connectivity index (χ3v) is 5.32. The number of ether oxygens (including phenoxy) is 4. The Kier molecular flexibility index (Phi) is 7.33. The van der Waals surface area contributed by atoms with Gasteiger partial charge in [0.25, 0.3) is 5.91 Å². The fourth-order valence-corrected chi connectivity index (χ4v) is 3.80. The Bertz CT molecular complexity index is 948. The van der Waals surface area contributed by atoms with Crippen molar-refractivity contribution in [1.29, 1.82) is 0 Å². The zero-order valence-corrected chi connectivity index (χ0v) is 17.5. The number of benzene rings is 1. The topological polar surface area (TPSA) is 83.8 Å². The summed E-state index contributed by atoms with van der Waals surface area (Å²) in [4.78, 5) is 12.6. The third-order valence-electron chi connectivity index (χ3n) is 5.32. The lowest BCUT2D eigenvalue weighted by Gasteiger charge is -2.26. The summed E-state index contributed by atoms with van der Waals surface area (Å²) < 4.78 is 69.8. The van der Waals surface area contributed by atoms with Crippen LogP contribution in [0.1, 0.15) is 28.0 Å². The Balaban J connectivity index is 1.28. The molecule has 33 heavy (non-hydrogen) atoms. The quantitative estimate of drug-likeness (QED) is 0.535. The van der Waals surface area contributed by atoms with Crippen LogP contribution >= 0.6 is 0 Å². The maximum atomic E-state index is 12.6. The van der Waals surface area contributed by atoms with Gasteiger partial charge in [0.05, 0.1) is 25.8 Å². The number of nitrogens with zero attached hydrogens (tertiary/aromatic N) is 2. The molecule has 1 aromatic carbocycles. The molecule has 0 saturated heterocycles. The van der Waals surface area contributed by atoms with Gasteiger partial charge >= 0.3 is 13.2 Å². The molecule has 0 aliphatic carbocycles. The van der Waals surface area contributed by atoms with Crippen LogP contribution in [0.25, 0.3) is 0 Å². The molecule has 180 valence electrons. The number of carbonyl (C=O) groups is 1. The Morgan fingerprint density at radius 3 is 2.73 bits per heavy atom. The Hall–Kier alpha value is -2.86. The summed E-state index contributed by atoms with van der Waals surface area (Å²) in [7, 11) is 0. The van der Waals surface area contributed by atoms with Gasteiger partial charge in [-0.2, -0.15) is 22.7 Å². The SMILES string of the molecule is O=C(N[C@H]1COc2ccc(CCOC(F)F)cc2C1)c1cc2n(n1)C[C@@H](CCOC(F)F)O2. The number of alkyl halides is 4.